The summed E-state index contributed by atoms with van der Waals surface area (Å²) >= 11 is 0. The smallest absolute Gasteiger partial charge is 0.0439 e. The minimum absolute atomic E-state index is 0.142. The zero-order chi connectivity index (χ0) is 5.98. The van der Waals surface area contributed by atoms with E-state index in [0.29, 0.717) is 0 Å². The molecule has 0 radical (unpaired) electrons. The zero-order valence-electron chi connectivity index (χ0n) is 4.93. The predicted octanol–water partition coefficient (Wildman–Crippen LogP) is 0.340. The molecule has 2 nitrogen and oxygen atoms in total. The first-order valence-corrected chi connectivity index (χ1v) is 3.02. The maximum absolute atomic E-state index is 5.58. The van der Waals surface area contributed by atoms with Crippen LogP contribution < -0.4 is 11.5 Å². The minimum Gasteiger partial charge on any atom is -0.401 e. The van der Waals surface area contributed by atoms with E-state index in [1.165, 1.54) is 6.42 Å². The summed E-state index contributed by atoms with van der Waals surface area (Å²) in [5.41, 5.74) is 12.0. The Morgan fingerprint density at radius 3 is 2.75 bits per heavy atom. The molecule has 0 aliphatic heterocycles. The number of nitrogens with two attached hydrogens (primary N) is 2. The van der Waals surface area contributed by atoms with Crippen molar-refractivity contribution in [3.05, 3.63) is 11.8 Å². The largest absolute Gasteiger partial charge is 0.401 e. The highest BCUT2D eigenvalue weighted by molar-refractivity contribution is 5.07. The lowest BCUT2D eigenvalue weighted by Crippen LogP contribution is -2.29. The molecule has 46 valence electrons. The van der Waals surface area contributed by atoms with Crippen molar-refractivity contribution in [3.8, 4) is 0 Å². The Labute approximate surface area is 49.5 Å². The lowest BCUT2D eigenvalue weighted by molar-refractivity contribution is 0.609. The van der Waals surface area contributed by atoms with Crippen molar-refractivity contribution in [2.45, 2.75) is 25.3 Å². The second-order valence-corrected chi connectivity index (χ2v) is 2.24. The molecule has 0 heterocycles. The van der Waals surface area contributed by atoms with Crippen LogP contribution in [0.25, 0.3) is 0 Å². The minimum atomic E-state index is 0.142. The fourth-order valence-electron chi connectivity index (χ4n) is 0.925. The molecule has 1 rings (SSSR count). The van der Waals surface area contributed by atoms with Crippen molar-refractivity contribution in [2.24, 2.45) is 11.5 Å². The van der Waals surface area contributed by atoms with Crippen LogP contribution in [0.2, 0.25) is 0 Å². The maximum Gasteiger partial charge on any atom is 0.0439 e. The molecule has 1 aliphatic rings. The van der Waals surface area contributed by atoms with Crippen LogP contribution in [0.3, 0.4) is 0 Å². The highest BCUT2D eigenvalue weighted by atomic mass is 14.7. The van der Waals surface area contributed by atoms with Gasteiger partial charge in [-0.05, 0) is 19.3 Å². The Kier molecular flexibility index (Phi) is 1.53. The first kappa shape index (κ1) is 5.63. The van der Waals surface area contributed by atoms with E-state index in [1.807, 2.05) is 6.08 Å². The first-order valence-electron chi connectivity index (χ1n) is 3.02. The average Bonchev–Trinajstić information content (AvgIpc) is 1.77. The molecule has 0 amide bonds. The van der Waals surface area contributed by atoms with Crippen LogP contribution >= 0.6 is 0 Å². The quantitative estimate of drug-likeness (QED) is 0.474. The van der Waals surface area contributed by atoms with E-state index in [0.717, 1.165) is 18.5 Å². The van der Waals surface area contributed by atoms with Gasteiger partial charge in [-0.2, -0.15) is 0 Å². The fourth-order valence-corrected chi connectivity index (χ4v) is 0.925. The molecular formula is C6H12N2. The topological polar surface area (TPSA) is 52.0 Å². The molecule has 1 atom stereocenters. The molecule has 8 heavy (non-hydrogen) atoms. The van der Waals surface area contributed by atoms with Gasteiger partial charge in [-0.1, -0.05) is 6.08 Å². The van der Waals surface area contributed by atoms with Crippen molar-refractivity contribution < 1.29 is 0 Å². The van der Waals surface area contributed by atoms with E-state index in [4.69, 9.17) is 11.5 Å². The highest BCUT2D eigenvalue weighted by Crippen LogP contribution is 2.11. The van der Waals surface area contributed by atoms with Crippen molar-refractivity contribution in [3.63, 3.8) is 0 Å². The Bertz CT molecular complexity index is 107. The Morgan fingerprint density at radius 1 is 1.62 bits per heavy atom. The lowest BCUT2D eigenvalue weighted by atomic mass is 10.0. The number of rotatable bonds is 0. The third-order valence-corrected chi connectivity index (χ3v) is 1.53. The summed E-state index contributed by atoms with van der Waals surface area (Å²) in [6.45, 7) is 0. The number of allylic oxidation sites excluding steroid dienone is 1. The molecular weight excluding hydrogens is 100 g/mol. The predicted molar refractivity (Wildman–Crippen MR) is 34.1 cm³/mol. The fraction of sp³-hybridized carbons (Fsp3) is 0.667. The van der Waals surface area contributed by atoms with Gasteiger partial charge in [0.25, 0.3) is 0 Å². The van der Waals surface area contributed by atoms with E-state index in [-0.39, 0.29) is 6.04 Å². The van der Waals surface area contributed by atoms with E-state index >= 15 is 0 Å². The SMILES string of the molecule is NC1=CCCC[C@H]1N. The molecule has 0 unspecified atom stereocenters. The molecule has 4 N–H and O–H groups in total. The van der Waals surface area contributed by atoms with Crippen LogP contribution in [0.15, 0.2) is 11.8 Å². The van der Waals surface area contributed by atoms with Gasteiger partial charge in [0.15, 0.2) is 0 Å². The van der Waals surface area contributed by atoms with Crippen LogP contribution in [0.1, 0.15) is 19.3 Å². The number of hydrogen-bond donors (Lipinski definition) is 2. The summed E-state index contributed by atoms with van der Waals surface area (Å²) in [5, 5.41) is 0. The van der Waals surface area contributed by atoms with Crippen LogP contribution in [0.5, 0.6) is 0 Å². The number of hydrogen-bond acceptors (Lipinski definition) is 2. The van der Waals surface area contributed by atoms with Crippen LogP contribution in [0.4, 0.5) is 0 Å². The highest BCUT2D eigenvalue weighted by Gasteiger charge is 2.08. The molecule has 0 aromatic rings. The molecule has 0 saturated carbocycles. The molecule has 0 spiro atoms. The standard InChI is InChI=1S/C6H12N2/c7-5-3-1-2-4-6(5)8/h3,6H,1-2,4,7-8H2/t6-/m1/s1. The van der Waals surface area contributed by atoms with Crippen LogP contribution in [0, 0.1) is 0 Å². The van der Waals surface area contributed by atoms with Gasteiger partial charge in [-0.15, -0.1) is 0 Å². The van der Waals surface area contributed by atoms with Gasteiger partial charge in [-0.3, -0.25) is 0 Å². The Hall–Kier alpha value is -0.500. The monoisotopic (exact) mass is 112 g/mol. The summed E-state index contributed by atoms with van der Waals surface area (Å²) in [6.07, 6.45) is 5.39. The van der Waals surface area contributed by atoms with Gasteiger partial charge in [0, 0.05) is 11.7 Å². The summed E-state index contributed by atoms with van der Waals surface area (Å²) in [4.78, 5) is 0. The van der Waals surface area contributed by atoms with Crippen molar-refractivity contribution >= 4 is 0 Å². The Balaban J connectivity index is 2.53. The van der Waals surface area contributed by atoms with E-state index < -0.39 is 0 Å². The first-order chi connectivity index (χ1) is 3.80. The molecule has 0 aromatic carbocycles. The van der Waals surface area contributed by atoms with Gasteiger partial charge in [0.1, 0.15) is 0 Å². The summed E-state index contributed by atoms with van der Waals surface area (Å²) in [5.74, 6) is 0. The molecule has 0 fully saturated rings. The van der Waals surface area contributed by atoms with Gasteiger partial charge < -0.3 is 11.5 Å². The van der Waals surface area contributed by atoms with Crippen LogP contribution in [-0.2, 0) is 0 Å². The molecule has 0 bridgehead atoms. The summed E-state index contributed by atoms with van der Waals surface area (Å²) < 4.78 is 0. The second kappa shape index (κ2) is 2.18. The van der Waals surface area contributed by atoms with Gasteiger partial charge in [0.05, 0.1) is 0 Å². The van der Waals surface area contributed by atoms with Crippen molar-refractivity contribution in [1.82, 2.24) is 0 Å². The van der Waals surface area contributed by atoms with Crippen LogP contribution in [-0.4, -0.2) is 6.04 Å². The van der Waals surface area contributed by atoms with E-state index in [9.17, 15) is 0 Å². The maximum atomic E-state index is 5.58. The van der Waals surface area contributed by atoms with Crippen molar-refractivity contribution in [2.75, 3.05) is 0 Å². The van der Waals surface area contributed by atoms with Gasteiger partial charge >= 0.3 is 0 Å². The lowest BCUT2D eigenvalue weighted by Gasteiger charge is -2.15. The third kappa shape index (κ3) is 1.01. The van der Waals surface area contributed by atoms with Gasteiger partial charge in [0.2, 0.25) is 0 Å². The van der Waals surface area contributed by atoms with E-state index in [1.54, 1.807) is 0 Å². The Morgan fingerprint density at radius 2 is 2.38 bits per heavy atom. The molecule has 1 aliphatic carbocycles. The zero-order valence-corrected chi connectivity index (χ0v) is 4.93. The normalized spacial score (nSPS) is 29.6. The molecule has 0 aromatic heterocycles. The average molecular weight is 112 g/mol. The van der Waals surface area contributed by atoms with E-state index in [2.05, 4.69) is 0 Å². The summed E-state index contributed by atoms with van der Waals surface area (Å²) in [6, 6.07) is 0.142. The summed E-state index contributed by atoms with van der Waals surface area (Å²) in [7, 11) is 0. The van der Waals surface area contributed by atoms with Crippen molar-refractivity contribution in [1.29, 1.82) is 0 Å². The van der Waals surface area contributed by atoms with Gasteiger partial charge in [-0.25, -0.2) is 0 Å². The molecule has 0 saturated heterocycles. The second-order valence-electron chi connectivity index (χ2n) is 2.24. The third-order valence-electron chi connectivity index (χ3n) is 1.53. The molecule has 2 heteroatoms.